The zero-order chi connectivity index (χ0) is 18.1. The molecule has 1 heterocycles. The lowest BCUT2D eigenvalue weighted by atomic mass is 9.91. The van der Waals surface area contributed by atoms with Gasteiger partial charge in [0.1, 0.15) is 5.75 Å². The third-order valence-corrected chi connectivity index (χ3v) is 4.25. The number of aromatic hydroxyl groups is 1. The molecule has 1 atom stereocenters. The number of para-hydroxylation sites is 2. The van der Waals surface area contributed by atoms with Gasteiger partial charge in [-0.15, -0.1) is 0 Å². The second-order valence-corrected chi connectivity index (χ2v) is 6.26. The minimum atomic E-state index is -0.781. The van der Waals surface area contributed by atoms with Crippen LogP contribution in [0.4, 0.5) is 5.69 Å². The second-order valence-electron chi connectivity index (χ2n) is 6.26. The maximum Gasteiger partial charge on any atom is 0.294 e. The summed E-state index contributed by atoms with van der Waals surface area (Å²) in [6.45, 7) is 3.44. The maximum atomic E-state index is 12.7. The zero-order valence-electron chi connectivity index (χ0n) is 14.0. The van der Waals surface area contributed by atoms with E-state index >= 15 is 0 Å². The van der Waals surface area contributed by atoms with Gasteiger partial charge in [0.2, 0.25) is 0 Å². The van der Waals surface area contributed by atoms with Crippen molar-refractivity contribution in [1.82, 2.24) is 0 Å². The quantitative estimate of drug-likeness (QED) is 0.895. The van der Waals surface area contributed by atoms with E-state index < -0.39 is 17.7 Å². The number of phenols is 1. The molecule has 1 aliphatic rings. The van der Waals surface area contributed by atoms with Crippen molar-refractivity contribution in [3.63, 3.8) is 0 Å². The molecule has 5 heteroatoms. The first-order valence-electron chi connectivity index (χ1n) is 8.07. The molecule has 0 spiro atoms. The van der Waals surface area contributed by atoms with Crippen LogP contribution in [0.15, 0.2) is 65.9 Å². The number of ketones is 1. The Hall–Kier alpha value is -3.08. The number of amides is 1. The van der Waals surface area contributed by atoms with Gasteiger partial charge in [0.15, 0.2) is 11.5 Å². The molecule has 1 unspecified atom stereocenters. The van der Waals surface area contributed by atoms with Gasteiger partial charge in [-0.1, -0.05) is 56.3 Å². The van der Waals surface area contributed by atoms with E-state index in [2.05, 4.69) is 0 Å². The van der Waals surface area contributed by atoms with Crippen LogP contribution in [0.2, 0.25) is 0 Å². The first-order chi connectivity index (χ1) is 11.9. The third-order valence-electron chi connectivity index (χ3n) is 4.25. The molecule has 25 heavy (non-hydrogen) atoms. The highest BCUT2D eigenvalue weighted by Crippen LogP contribution is 2.44. The van der Waals surface area contributed by atoms with Crippen LogP contribution < -0.4 is 4.90 Å². The fourth-order valence-corrected chi connectivity index (χ4v) is 3.04. The highest BCUT2D eigenvalue weighted by molar-refractivity contribution is 6.17. The average molecular weight is 337 g/mol. The highest BCUT2D eigenvalue weighted by Gasteiger charge is 2.45. The number of aliphatic hydroxyl groups is 1. The molecule has 128 valence electrons. The van der Waals surface area contributed by atoms with E-state index in [0.717, 1.165) is 0 Å². The first-order valence-corrected chi connectivity index (χ1v) is 8.07. The van der Waals surface area contributed by atoms with Crippen LogP contribution in [0.25, 0.3) is 0 Å². The van der Waals surface area contributed by atoms with E-state index in [-0.39, 0.29) is 28.7 Å². The molecule has 0 fully saturated rings. The number of hydrogen-bond acceptors (Lipinski definition) is 4. The predicted molar refractivity (Wildman–Crippen MR) is 94.3 cm³/mol. The van der Waals surface area contributed by atoms with Crippen molar-refractivity contribution in [2.75, 3.05) is 4.90 Å². The molecule has 2 N–H and O–H groups in total. The highest BCUT2D eigenvalue weighted by atomic mass is 16.3. The average Bonchev–Trinajstić information content (AvgIpc) is 2.87. The van der Waals surface area contributed by atoms with E-state index in [1.54, 1.807) is 56.3 Å². The van der Waals surface area contributed by atoms with E-state index in [0.29, 0.717) is 5.56 Å². The summed E-state index contributed by atoms with van der Waals surface area (Å²) in [6, 6.07) is 14.6. The van der Waals surface area contributed by atoms with Gasteiger partial charge < -0.3 is 10.2 Å². The number of benzene rings is 2. The van der Waals surface area contributed by atoms with Gasteiger partial charge in [0, 0.05) is 5.92 Å². The molecule has 3 rings (SSSR count). The van der Waals surface area contributed by atoms with Crippen molar-refractivity contribution in [3.05, 3.63) is 71.5 Å². The van der Waals surface area contributed by atoms with Crippen molar-refractivity contribution in [3.8, 4) is 5.75 Å². The lowest BCUT2D eigenvalue weighted by Crippen LogP contribution is -2.31. The van der Waals surface area contributed by atoms with Crippen LogP contribution in [-0.2, 0) is 9.59 Å². The summed E-state index contributed by atoms with van der Waals surface area (Å²) in [5.74, 6) is -2.02. The van der Waals surface area contributed by atoms with Crippen molar-refractivity contribution in [2.24, 2.45) is 5.92 Å². The van der Waals surface area contributed by atoms with Crippen LogP contribution in [0.1, 0.15) is 25.5 Å². The SMILES string of the molecule is CC(C)C(=O)C1=C(O)C(=O)N(c2ccccc2O)C1c1ccccc1. The third kappa shape index (κ3) is 2.78. The topological polar surface area (TPSA) is 77.8 Å². The largest absolute Gasteiger partial charge is 0.506 e. The number of carbonyl (C=O) groups is 2. The van der Waals surface area contributed by atoms with Crippen LogP contribution in [0, 0.1) is 5.92 Å². The standard InChI is InChI=1S/C20H19NO4/c1-12(2)18(23)16-17(13-8-4-3-5-9-13)21(20(25)19(16)24)14-10-6-7-11-15(14)22/h3-12,17,22,24H,1-2H3. The molecule has 5 nitrogen and oxygen atoms in total. The molecule has 2 aromatic rings. The number of aliphatic hydroxyl groups excluding tert-OH is 1. The van der Waals surface area contributed by atoms with E-state index in [1.165, 1.54) is 11.0 Å². The smallest absolute Gasteiger partial charge is 0.294 e. The summed E-state index contributed by atoms with van der Waals surface area (Å²) in [5.41, 5.74) is 1.00. The molecule has 0 radical (unpaired) electrons. The summed E-state index contributed by atoms with van der Waals surface area (Å²) in [5, 5.41) is 20.6. The summed E-state index contributed by atoms with van der Waals surface area (Å²) in [6.07, 6.45) is 0. The van der Waals surface area contributed by atoms with Crippen LogP contribution in [-0.4, -0.2) is 21.9 Å². The lowest BCUT2D eigenvalue weighted by molar-refractivity contribution is -0.119. The van der Waals surface area contributed by atoms with Gasteiger partial charge in [-0.2, -0.15) is 0 Å². The number of carbonyl (C=O) groups excluding carboxylic acids is 2. The fourth-order valence-electron chi connectivity index (χ4n) is 3.04. The minimum Gasteiger partial charge on any atom is -0.506 e. The van der Waals surface area contributed by atoms with Crippen molar-refractivity contribution < 1.29 is 19.8 Å². The number of nitrogens with zero attached hydrogens (tertiary/aromatic N) is 1. The van der Waals surface area contributed by atoms with E-state index in [4.69, 9.17) is 0 Å². The van der Waals surface area contributed by atoms with E-state index in [9.17, 15) is 19.8 Å². The van der Waals surface area contributed by atoms with Crippen LogP contribution >= 0.6 is 0 Å². The van der Waals surface area contributed by atoms with Crippen LogP contribution in [0.3, 0.4) is 0 Å². The van der Waals surface area contributed by atoms with Gasteiger partial charge in [-0.25, -0.2) is 0 Å². The first kappa shape index (κ1) is 16.8. The molecule has 1 aliphatic heterocycles. The normalized spacial score (nSPS) is 17.5. The van der Waals surface area contributed by atoms with Crippen LogP contribution in [0.5, 0.6) is 5.75 Å². The Labute approximate surface area is 145 Å². The van der Waals surface area contributed by atoms with Crippen molar-refractivity contribution in [1.29, 1.82) is 0 Å². The summed E-state index contributed by atoms with van der Waals surface area (Å²) >= 11 is 0. The maximum absolute atomic E-state index is 12.7. The Morgan fingerprint density at radius 3 is 2.20 bits per heavy atom. The number of anilines is 1. The number of hydrogen-bond donors (Lipinski definition) is 2. The zero-order valence-corrected chi connectivity index (χ0v) is 14.0. The molecule has 0 aliphatic carbocycles. The Balaban J connectivity index is 2.21. The monoisotopic (exact) mass is 337 g/mol. The molecule has 2 aromatic carbocycles. The summed E-state index contributed by atoms with van der Waals surface area (Å²) in [7, 11) is 0. The van der Waals surface area contributed by atoms with Gasteiger partial charge in [-0.3, -0.25) is 14.5 Å². The number of rotatable bonds is 4. The molecule has 0 saturated carbocycles. The van der Waals surface area contributed by atoms with E-state index in [1.807, 2.05) is 6.07 Å². The predicted octanol–water partition coefficient (Wildman–Crippen LogP) is 3.52. The van der Waals surface area contributed by atoms with Crippen molar-refractivity contribution in [2.45, 2.75) is 19.9 Å². The molecular weight excluding hydrogens is 318 g/mol. The second kappa shape index (κ2) is 6.43. The molecule has 0 bridgehead atoms. The van der Waals surface area contributed by atoms with Gasteiger partial charge >= 0.3 is 0 Å². The Bertz CT molecular complexity index is 855. The van der Waals surface area contributed by atoms with Gasteiger partial charge in [0.05, 0.1) is 17.3 Å². The Morgan fingerprint density at radius 1 is 1.00 bits per heavy atom. The Morgan fingerprint density at radius 2 is 1.60 bits per heavy atom. The molecule has 0 aromatic heterocycles. The minimum absolute atomic E-state index is 0.0643. The number of phenolic OH excluding ortho intramolecular Hbond substituents is 1. The van der Waals surface area contributed by atoms with Gasteiger partial charge in [0.25, 0.3) is 5.91 Å². The molecular formula is C20H19NO4. The molecule has 1 amide bonds. The van der Waals surface area contributed by atoms with Crippen molar-refractivity contribution >= 4 is 17.4 Å². The summed E-state index contributed by atoms with van der Waals surface area (Å²) < 4.78 is 0. The Kier molecular flexibility index (Phi) is 4.31. The van der Waals surface area contributed by atoms with Gasteiger partial charge in [-0.05, 0) is 17.7 Å². The summed E-state index contributed by atoms with van der Waals surface area (Å²) in [4.78, 5) is 26.7. The lowest BCUT2D eigenvalue weighted by Gasteiger charge is -2.27. The fraction of sp³-hybridized carbons (Fsp3) is 0.200. The molecule has 0 saturated heterocycles. The number of Topliss-reactive ketones (excluding diaryl/α,β-unsaturated/α-hetero) is 1.